The van der Waals surface area contributed by atoms with Crippen molar-refractivity contribution in [3.8, 4) is 6.07 Å². The van der Waals surface area contributed by atoms with Crippen LogP contribution in [0.4, 0.5) is 11.5 Å². The molecule has 0 amide bonds. The molecule has 1 aromatic heterocycles. The maximum Gasteiger partial charge on any atom is 0.311 e. The maximum absolute atomic E-state index is 11.1. The summed E-state index contributed by atoms with van der Waals surface area (Å²) in [6.45, 7) is 3.64. The number of nitrogens with zero attached hydrogens (tertiary/aromatic N) is 3. The molecule has 1 unspecified atom stereocenters. The fourth-order valence-corrected chi connectivity index (χ4v) is 1.94. The number of nitro groups is 1. The van der Waals surface area contributed by atoms with Crippen LogP contribution in [-0.2, 0) is 0 Å². The predicted molar refractivity (Wildman–Crippen MR) is 78.8 cm³/mol. The van der Waals surface area contributed by atoms with Gasteiger partial charge >= 0.3 is 5.69 Å². The highest BCUT2D eigenvalue weighted by Crippen LogP contribution is 2.26. The molecule has 1 aromatic carbocycles. The SMILES string of the molecule is Cc1cnc(NC(C)c2ccc(C#N)cc2)c([N+](=O)[O-])c1. The topological polar surface area (TPSA) is 91.8 Å². The van der Waals surface area contributed by atoms with E-state index in [1.54, 1.807) is 25.3 Å². The van der Waals surface area contributed by atoms with E-state index < -0.39 is 4.92 Å². The van der Waals surface area contributed by atoms with Crippen LogP contribution >= 0.6 is 0 Å². The summed E-state index contributed by atoms with van der Waals surface area (Å²) in [4.78, 5) is 14.7. The van der Waals surface area contributed by atoms with E-state index >= 15 is 0 Å². The third kappa shape index (κ3) is 3.34. The summed E-state index contributed by atoms with van der Waals surface area (Å²) in [5.41, 5.74) is 2.19. The van der Waals surface area contributed by atoms with Gasteiger partial charge in [-0.1, -0.05) is 12.1 Å². The summed E-state index contributed by atoms with van der Waals surface area (Å²) < 4.78 is 0. The van der Waals surface area contributed by atoms with Gasteiger partial charge < -0.3 is 5.32 Å². The van der Waals surface area contributed by atoms with Gasteiger partial charge in [0.15, 0.2) is 0 Å². The average molecular weight is 282 g/mol. The lowest BCUT2D eigenvalue weighted by atomic mass is 10.1. The van der Waals surface area contributed by atoms with Crippen LogP contribution in [0.1, 0.15) is 29.7 Å². The largest absolute Gasteiger partial charge is 0.358 e. The molecule has 2 aromatic rings. The van der Waals surface area contributed by atoms with Gasteiger partial charge in [-0.15, -0.1) is 0 Å². The third-order valence-corrected chi connectivity index (χ3v) is 3.09. The Morgan fingerprint density at radius 1 is 1.38 bits per heavy atom. The van der Waals surface area contributed by atoms with Gasteiger partial charge in [-0.2, -0.15) is 5.26 Å². The molecule has 0 saturated carbocycles. The number of aryl methyl sites for hydroxylation is 1. The molecule has 0 saturated heterocycles. The van der Waals surface area contributed by atoms with Crippen molar-refractivity contribution < 1.29 is 4.92 Å². The summed E-state index contributed by atoms with van der Waals surface area (Å²) in [5, 5.41) is 22.9. The van der Waals surface area contributed by atoms with Gasteiger partial charge in [0.1, 0.15) is 0 Å². The molecule has 2 rings (SSSR count). The molecule has 6 heteroatoms. The van der Waals surface area contributed by atoms with E-state index in [2.05, 4.69) is 16.4 Å². The van der Waals surface area contributed by atoms with Gasteiger partial charge in [0.25, 0.3) is 0 Å². The molecule has 21 heavy (non-hydrogen) atoms. The summed E-state index contributed by atoms with van der Waals surface area (Å²) in [6, 6.07) is 10.4. The Hall–Kier alpha value is -2.94. The summed E-state index contributed by atoms with van der Waals surface area (Å²) in [6.07, 6.45) is 1.58. The predicted octanol–water partition coefficient (Wildman–Crippen LogP) is 3.34. The average Bonchev–Trinajstić information content (AvgIpc) is 2.49. The zero-order chi connectivity index (χ0) is 15.4. The first-order valence-electron chi connectivity index (χ1n) is 6.39. The van der Waals surface area contributed by atoms with Crippen molar-refractivity contribution in [3.63, 3.8) is 0 Å². The highest BCUT2D eigenvalue weighted by atomic mass is 16.6. The first kappa shape index (κ1) is 14.5. The lowest BCUT2D eigenvalue weighted by Crippen LogP contribution is -2.10. The van der Waals surface area contributed by atoms with Gasteiger partial charge in [-0.3, -0.25) is 10.1 Å². The van der Waals surface area contributed by atoms with Gasteiger partial charge in [0, 0.05) is 12.3 Å². The van der Waals surface area contributed by atoms with Crippen molar-refractivity contribution in [2.45, 2.75) is 19.9 Å². The number of aromatic nitrogens is 1. The molecule has 1 heterocycles. The molecule has 0 bridgehead atoms. The Morgan fingerprint density at radius 3 is 2.62 bits per heavy atom. The Balaban J connectivity index is 2.24. The fourth-order valence-electron chi connectivity index (χ4n) is 1.94. The minimum atomic E-state index is -0.451. The highest BCUT2D eigenvalue weighted by molar-refractivity contribution is 5.57. The minimum Gasteiger partial charge on any atom is -0.358 e. The second kappa shape index (κ2) is 6.01. The van der Waals surface area contributed by atoms with Gasteiger partial charge in [-0.25, -0.2) is 4.98 Å². The van der Waals surface area contributed by atoms with Crippen LogP contribution in [0.3, 0.4) is 0 Å². The standard InChI is InChI=1S/C15H14N4O2/c1-10-7-14(19(20)21)15(17-9-10)18-11(2)13-5-3-12(8-16)4-6-13/h3-7,9,11H,1-2H3,(H,17,18). The van der Waals surface area contributed by atoms with Crippen LogP contribution in [0.25, 0.3) is 0 Å². The first-order valence-corrected chi connectivity index (χ1v) is 6.39. The van der Waals surface area contributed by atoms with Crippen LogP contribution < -0.4 is 5.32 Å². The Bertz CT molecular complexity index is 705. The smallest absolute Gasteiger partial charge is 0.311 e. The number of hydrogen-bond donors (Lipinski definition) is 1. The van der Waals surface area contributed by atoms with E-state index in [9.17, 15) is 10.1 Å². The van der Waals surface area contributed by atoms with Crippen molar-refractivity contribution in [3.05, 3.63) is 63.3 Å². The normalized spacial score (nSPS) is 11.5. The molecule has 0 radical (unpaired) electrons. The monoisotopic (exact) mass is 282 g/mol. The number of benzene rings is 1. The number of rotatable bonds is 4. The Labute approximate surface area is 122 Å². The molecular formula is C15H14N4O2. The third-order valence-electron chi connectivity index (χ3n) is 3.09. The van der Waals surface area contributed by atoms with Crippen LogP contribution in [0, 0.1) is 28.4 Å². The molecule has 106 valence electrons. The van der Waals surface area contributed by atoms with E-state index in [1.165, 1.54) is 6.07 Å². The van der Waals surface area contributed by atoms with E-state index in [1.807, 2.05) is 19.1 Å². The Morgan fingerprint density at radius 2 is 2.05 bits per heavy atom. The van der Waals surface area contributed by atoms with Crippen LogP contribution in [0.5, 0.6) is 0 Å². The molecule has 0 fully saturated rings. The first-order chi connectivity index (χ1) is 10.0. The van der Waals surface area contributed by atoms with Gasteiger partial charge in [0.2, 0.25) is 5.82 Å². The second-order valence-electron chi connectivity index (χ2n) is 4.74. The number of nitriles is 1. The maximum atomic E-state index is 11.1. The number of anilines is 1. The van der Waals surface area contributed by atoms with E-state index in [0.717, 1.165) is 11.1 Å². The lowest BCUT2D eigenvalue weighted by Gasteiger charge is -2.15. The fraction of sp³-hybridized carbons (Fsp3) is 0.200. The van der Waals surface area contributed by atoms with Crippen LogP contribution in [0.15, 0.2) is 36.5 Å². The van der Waals surface area contributed by atoms with Crippen molar-refractivity contribution >= 4 is 11.5 Å². The zero-order valence-corrected chi connectivity index (χ0v) is 11.7. The molecule has 0 aliphatic heterocycles. The molecule has 1 atom stereocenters. The summed E-state index contributed by atoms with van der Waals surface area (Å²) in [7, 11) is 0. The zero-order valence-electron chi connectivity index (χ0n) is 11.7. The molecule has 0 aliphatic rings. The number of pyridine rings is 1. The van der Waals surface area contributed by atoms with Crippen LogP contribution in [-0.4, -0.2) is 9.91 Å². The second-order valence-corrected chi connectivity index (χ2v) is 4.74. The van der Waals surface area contributed by atoms with Crippen molar-refractivity contribution in [1.82, 2.24) is 4.98 Å². The molecule has 0 spiro atoms. The molecule has 0 aliphatic carbocycles. The molecule has 6 nitrogen and oxygen atoms in total. The van der Waals surface area contributed by atoms with Crippen molar-refractivity contribution in [2.24, 2.45) is 0 Å². The highest BCUT2D eigenvalue weighted by Gasteiger charge is 2.17. The van der Waals surface area contributed by atoms with Crippen LogP contribution in [0.2, 0.25) is 0 Å². The summed E-state index contributed by atoms with van der Waals surface area (Å²) in [5.74, 6) is 0.238. The Kier molecular flexibility index (Phi) is 4.14. The van der Waals surface area contributed by atoms with E-state index in [0.29, 0.717) is 5.56 Å². The van der Waals surface area contributed by atoms with E-state index in [-0.39, 0.29) is 17.5 Å². The minimum absolute atomic E-state index is 0.0458. The van der Waals surface area contributed by atoms with Gasteiger partial charge in [0.05, 0.1) is 22.6 Å². The van der Waals surface area contributed by atoms with Crippen molar-refractivity contribution in [2.75, 3.05) is 5.32 Å². The quantitative estimate of drug-likeness (QED) is 0.685. The molecular weight excluding hydrogens is 268 g/mol. The summed E-state index contributed by atoms with van der Waals surface area (Å²) >= 11 is 0. The molecule has 1 N–H and O–H groups in total. The lowest BCUT2D eigenvalue weighted by molar-refractivity contribution is -0.384. The number of nitrogens with one attached hydrogen (secondary N) is 1. The van der Waals surface area contributed by atoms with Gasteiger partial charge in [-0.05, 0) is 37.1 Å². The number of hydrogen-bond acceptors (Lipinski definition) is 5. The van der Waals surface area contributed by atoms with E-state index in [4.69, 9.17) is 5.26 Å². The van der Waals surface area contributed by atoms with Crippen molar-refractivity contribution in [1.29, 1.82) is 5.26 Å².